The lowest BCUT2D eigenvalue weighted by Gasteiger charge is -2.07. The predicted molar refractivity (Wildman–Crippen MR) is 78.1 cm³/mol. The van der Waals surface area contributed by atoms with Gasteiger partial charge in [-0.05, 0) is 22.6 Å². The van der Waals surface area contributed by atoms with E-state index >= 15 is 0 Å². The largest absolute Gasteiger partial charge is 0.326 e. The fourth-order valence-corrected chi connectivity index (χ4v) is 3.54. The van der Waals surface area contributed by atoms with E-state index in [4.69, 9.17) is 5.73 Å². The Morgan fingerprint density at radius 3 is 2.63 bits per heavy atom. The van der Waals surface area contributed by atoms with E-state index in [0.717, 1.165) is 16.0 Å². The van der Waals surface area contributed by atoms with E-state index in [9.17, 15) is 8.42 Å². The Hall–Kier alpha value is -1.21. The van der Waals surface area contributed by atoms with E-state index in [2.05, 4.69) is 4.72 Å². The fourth-order valence-electron chi connectivity index (χ4n) is 1.71. The van der Waals surface area contributed by atoms with Gasteiger partial charge in [0.05, 0.1) is 5.75 Å². The van der Waals surface area contributed by atoms with Gasteiger partial charge >= 0.3 is 0 Å². The normalized spacial score (nSPS) is 11.6. The highest BCUT2D eigenvalue weighted by Crippen LogP contribution is 2.11. The molecule has 6 heteroatoms. The Morgan fingerprint density at radius 2 is 1.95 bits per heavy atom. The van der Waals surface area contributed by atoms with Crippen LogP contribution in [0.5, 0.6) is 0 Å². The minimum atomic E-state index is -3.32. The van der Waals surface area contributed by atoms with Crippen LogP contribution in [0.25, 0.3) is 0 Å². The summed E-state index contributed by atoms with van der Waals surface area (Å²) in [6.45, 7) is 0.757. The third-order valence-electron chi connectivity index (χ3n) is 2.63. The molecule has 0 saturated heterocycles. The molecule has 0 saturated carbocycles. The molecule has 19 heavy (non-hydrogen) atoms. The second-order valence-corrected chi connectivity index (χ2v) is 7.02. The molecule has 0 aliphatic rings. The summed E-state index contributed by atoms with van der Waals surface area (Å²) >= 11 is 1.53. The fraction of sp³-hybridized carbons (Fsp3) is 0.231. The maximum absolute atomic E-state index is 12.0. The van der Waals surface area contributed by atoms with Gasteiger partial charge in [-0.1, -0.05) is 30.3 Å². The summed E-state index contributed by atoms with van der Waals surface area (Å²) in [5.74, 6) is -0.0216. The Balaban J connectivity index is 2.00. The Bertz CT molecular complexity index is 622. The van der Waals surface area contributed by atoms with E-state index in [1.165, 1.54) is 11.3 Å². The van der Waals surface area contributed by atoms with Crippen LogP contribution >= 0.6 is 11.3 Å². The van der Waals surface area contributed by atoms with Crippen LogP contribution in [0.2, 0.25) is 0 Å². The highest BCUT2D eigenvalue weighted by molar-refractivity contribution is 7.88. The molecule has 0 bridgehead atoms. The van der Waals surface area contributed by atoms with E-state index in [0.29, 0.717) is 13.1 Å². The van der Waals surface area contributed by atoms with Crippen LogP contribution in [-0.2, 0) is 28.9 Å². The van der Waals surface area contributed by atoms with Crippen molar-refractivity contribution in [3.05, 3.63) is 57.8 Å². The predicted octanol–water partition coefficient (Wildman–Crippen LogP) is 1.83. The summed E-state index contributed by atoms with van der Waals surface area (Å²) in [4.78, 5) is 0.999. The summed E-state index contributed by atoms with van der Waals surface area (Å²) in [6.07, 6.45) is 0. The van der Waals surface area contributed by atoms with Crippen molar-refractivity contribution in [2.24, 2.45) is 5.73 Å². The number of nitrogens with two attached hydrogens (primary N) is 1. The first-order chi connectivity index (χ1) is 9.09. The minimum Gasteiger partial charge on any atom is -0.326 e. The maximum Gasteiger partial charge on any atom is 0.216 e. The van der Waals surface area contributed by atoms with Gasteiger partial charge in [-0.3, -0.25) is 0 Å². The quantitative estimate of drug-likeness (QED) is 0.854. The van der Waals surface area contributed by atoms with Crippen molar-refractivity contribution in [3.8, 4) is 0 Å². The third kappa shape index (κ3) is 4.43. The third-order valence-corrected chi connectivity index (χ3v) is 4.80. The average Bonchev–Trinajstić information content (AvgIpc) is 2.89. The Kier molecular flexibility index (Phi) is 4.71. The highest BCUT2D eigenvalue weighted by atomic mass is 32.2. The van der Waals surface area contributed by atoms with Crippen LogP contribution in [0, 0.1) is 0 Å². The molecule has 0 unspecified atom stereocenters. The van der Waals surface area contributed by atoms with Gasteiger partial charge in [-0.15, -0.1) is 11.3 Å². The SMILES string of the molecule is NCc1cccc(CS(=O)(=O)NCc2cccs2)c1. The highest BCUT2D eigenvalue weighted by Gasteiger charge is 2.11. The van der Waals surface area contributed by atoms with Gasteiger partial charge in [0.1, 0.15) is 0 Å². The average molecular weight is 296 g/mol. The van der Waals surface area contributed by atoms with E-state index in [-0.39, 0.29) is 5.75 Å². The maximum atomic E-state index is 12.0. The van der Waals surface area contributed by atoms with E-state index in [1.54, 1.807) is 6.07 Å². The molecule has 0 aliphatic heterocycles. The molecule has 0 fully saturated rings. The molecule has 0 amide bonds. The van der Waals surface area contributed by atoms with Crippen molar-refractivity contribution < 1.29 is 8.42 Å². The Labute approximate surface area is 117 Å². The first kappa shape index (κ1) is 14.2. The molecule has 4 nitrogen and oxygen atoms in total. The van der Waals surface area contributed by atoms with Gasteiger partial charge < -0.3 is 5.73 Å². The van der Waals surface area contributed by atoms with Gasteiger partial charge in [0.25, 0.3) is 0 Å². The van der Waals surface area contributed by atoms with E-state index < -0.39 is 10.0 Å². The van der Waals surface area contributed by atoms with Crippen molar-refractivity contribution in [2.75, 3.05) is 0 Å². The standard InChI is InChI=1S/C13H16N2O2S2/c14-8-11-3-1-4-12(7-11)10-19(16,17)15-9-13-5-2-6-18-13/h1-7,15H,8-10,14H2. The molecule has 0 aliphatic carbocycles. The summed E-state index contributed by atoms with van der Waals surface area (Å²) < 4.78 is 26.5. The van der Waals surface area contributed by atoms with Gasteiger partial charge in [-0.2, -0.15) is 0 Å². The zero-order valence-corrected chi connectivity index (χ0v) is 12.0. The number of sulfonamides is 1. The molecule has 0 atom stereocenters. The topological polar surface area (TPSA) is 72.2 Å². The molecular weight excluding hydrogens is 280 g/mol. The molecule has 0 radical (unpaired) electrons. The minimum absolute atomic E-state index is 0.0216. The number of nitrogens with one attached hydrogen (secondary N) is 1. The van der Waals surface area contributed by atoms with Crippen LogP contribution < -0.4 is 10.5 Å². The zero-order chi connectivity index (χ0) is 13.7. The number of hydrogen-bond acceptors (Lipinski definition) is 4. The smallest absolute Gasteiger partial charge is 0.216 e. The molecule has 3 N–H and O–H groups in total. The lowest BCUT2D eigenvalue weighted by molar-refractivity contribution is 0.581. The van der Waals surface area contributed by atoms with Crippen LogP contribution in [-0.4, -0.2) is 8.42 Å². The molecule has 2 aromatic rings. The van der Waals surface area contributed by atoms with Gasteiger partial charge in [0.15, 0.2) is 0 Å². The monoisotopic (exact) mass is 296 g/mol. The van der Waals surface area contributed by atoms with Crippen LogP contribution in [0.15, 0.2) is 41.8 Å². The van der Waals surface area contributed by atoms with Gasteiger partial charge in [0.2, 0.25) is 10.0 Å². The summed E-state index contributed by atoms with van der Waals surface area (Å²) in [5.41, 5.74) is 7.23. The number of rotatable bonds is 6. The van der Waals surface area contributed by atoms with Crippen molar-refractivity contribution in [2.45, 2.75) is 18.8 Å². The van der Waals surface area contributed by atoms with Crippen molar-refractivity contribution >= 4 is 21.4 Å². The van der Waals surface area contributed by atoms with Gasteiger partial charge in [0, 0.05) is 18.0 Å². The van der Waals surface area contributed by atoms with Crippen LogP contribution in [0.1, 0.15) is 16.0 Å². The molecular formula is C13H16N2O2S2. The summed E-state index contributed by atoms with van der Waals surface area (Å²) in [5, 5.41) is 1.92. The van der Waals surface area contributed by atoms with E-state index in [1.807, 2.05) is 35.7 Å². The lowest BCUT2D eigenvalue weighted by Crippen LogP contribution is -2.24. The second-order valence-electron chi connectivity index (χ2n) is 4.18. The molecule has 1 heterocycles. The van der Waals surface area contributed by atoms with Crippen molar-refractivity contribution in [1.29, 1.82) is 0 Å². The van der Waals surface area contributed by atoms with Crippen LogP contribution in [0.4, 0.5) is 0 Å². The molecule has 102 valence electrons. The summed E-state index contributed by atoms with van der Waals surface area (Å²) in [7, 11) is -3.32. The number of thiophene rings is 1. The molecule has 1 aromatic heterocycles. The number of hydrogen-bond donors (Lipinski definition) is 2. The molecule has 2 rings (SSSR count). The lowest BCUT2D eigenvalue weighted by atomic mass is 10.1. The Morgan fingerprint density at radius 1 is 1.16 bits per heavy atom. The van der Waals surface area contributed by atoms with Gasteiger partial charge in [-0.25, -0.2) is 13.1 Å². The van der Waals surface area contributed by atoms with Crippen molar-refractivity contribution in [3.63, 3.8) is 0 Å². The summed E-state index contributed by atoms with van der Waals surface area (Å²) in [6, 6.07) is 11.1. The number of benzene rings is 1. The zero-order valence-electron chi connectivity index (χ0n) is 10.4. The molecule has 0 spiro atoms. The first-order valence-electron chi connectivity index (χ1n) is 5.87. The molecule has 1 aromatic carbocycles. The van der Waals surface area contributed by atoms with Crippen LogP contribution in [0.3, 0.4) is 0 Å². The first-order valence-corrected chi connectivity index (χ1v) is 8.40. The second kappa shape index (κ2) is 6.29. The van der Waals surface area contributed by atoms with Crippen molar-refractivity contribution in [1.82, 2.24) is 4.72 Å².